The van der Waals surface area contributed by atoms with Gasteiger partial charge in [-0.1, -0.05) is 39.5 Å². The lowest BCUT2D eigenvalue weighted by atomic mass is 10.2. The lowest BCUT2D eigenvalue weighted by Crippen LogP contribution is -1.66. The Morgan fingerprint density at radius 3 is 2.17 bits per heavy atom. The Kier molecular flexibility index (Phi) is 2.55. The minimum atomic E-state index is -0.948. The molecule has 0 heterocycles. The van der Waals surface area contributed by atoms with Gasteiger partial charge in [0.05, 0.1) is 0 Å². The average Bonchev–Trinajstić information content (AvgIpc) is 1.59. The van der Waals surface area contributed by atoms with Crippen molar-refractivity contribution in [1.29, 1.82) is 0 Å². The molecule has 0 aliphatic carbocycles. The van der Waals surface area contributed by atoms with E-state index in [1.165, 1.54) is 0 Å². The molecule has 0 saturated carbocycles. The predicted molar refractivity (Wildman–Crippen MR) is 29.8 cm³/mol. The third kappa shape index (κ3) is 4.00. The normalized spacial score (nSPS) is 16.3. The molecule has 0 amide bonds. The van der Waals surface area contributed by atoms with Gasteiger partial charge in [0.25, 0.3) is 0 Å². The minimum absolute atomic E-state index is 0.698. The molecule has 0 radical (unpaired) electrons. The number of hydrogen-bond acceptors (Lipinski definition) is 0. The highest BCUT2D eigenvalue weighted by molar-refractivity contribution is 4.31. The third-order valence-electron chi connectivity index (χ3n) is 0.780. The van der Waals surface area contributed by atoms with Crippen LogP contribution in [0.1, 0.15) is 42.2 Å². The van der Waals surface area contributed by atoms with Crippen LogP contribution in [0.4, 0.5) is 0 Å². The van der Waals surface area contributed by atoms with Crippen molar-refractivity contribution in [1.82, 2.24) is 0 Å². The molecule has 0 heteroatoms. The molecular formula is C6H14. The summed E-state index contributed by atoms with van der Waals surface area (Å²) in [5.74, 6) is 0. The second kappa shape index (κ2) is 5.00. The van der Waals surface area contributed by atoms with Crippen LogP contribution >= 0.6 is 0 Å². The molecular weight excluding hydrogens is 72.1 g/mol. The lowest BCUT2D eigenvalue weighted by Gasteiger charge is -1.86. The second-order valence-electron chi connectivity index (χ2n) is 1.46. The van der Waals surface area contributed by atoms with Crippen LogP contribution in [0.2, 0.25) is 0 Å². The van der Waals surface area contributed by atoms with Crippen LogP contribution in [0.5, 0.6) is 0 Å². The fraction of sp³-hybridized carbons (Fsp3) is 1.00. The van der Waals surface area contributed by atoms with Gasteiger partial charge in [-0.3, -0.25) is 0 Å². The monoisotopic (exact) mass is 88.1 g/mol. The van der Waals surface area contributed by atoms with Gasteiger partial charge in [0.15, 0.2) is 0 Å². The molecule has 0 unspecified atom stereocenters. The Balaban J connectivity index is 3.11. The van der Waals surface area contributed by atoms with Gasteiger partial charge >= 0.3 is 0 Å². The van der Waals surface area contributed by atoms with Crippen molar-refractivity contribution >= 4 is 0 Å². The molecule has 38 valence electrons. The van der Waals surface area contributed by atoms with Gasteiger partial charge in [-0.2, -0.15) is 0 Å². The molecule has 0 bridgehead atoms. The van der Waals surface area contributed by atoms with Gasteiger partial charge in [-0.15, -0.1) is 0 Å². The van der Waals surface area contributed by atoms with Gasteiger partial charge in [0.1, 0.15) is 0 Å². The first-order valence-corrected chi connectivity index (χ1v) is 2.56. The van der Waals surface area contributed by atoms with Gasteiger partial charge in [0.2, 0.25) is 0 Å². The average molecular weight is 88.2 g/mol. The topological polar surface area (TPSA) is 0 Å². The van der Waals surface area contributed by atoms with Crippen LogP contribution in [0.25, 0.3) is 0 Å². The molecule has 0 nitrogen and oxygen atoms in total. The van der Waals surface area contributed by atoms with Gasteiger partial charge in [-0.25, -0.2) is 0 Å². The summed E-state index contributed by atoms with van der Waals surface area (Å²) in [5, 5.41) is 0. The summed E-state index contributed by atoms with van der Waals surface area (Å²) >= 11 is 0. The number of rotatable bonds is 3. The Hall–Kier alpha value is 0. The molecule has 0 fully saturated rings. The highest BCUT2D eigenvalue weighted by Gasteiger charge is 1.75. The van der Waals surface area contributed by atoms with E-state index >= 15 is 0 Å². The van der Waals surface area contributed by atoms with E-state index in [1.807, 2.05) is 0 Å². The van der Waals surface area contributed by atoms with Crippen molar-refractivity contribution in [2.45, 2.75) is 39.5 Å². The summed E-state index contributed by atoms with van der Waals surface area (Å²) in [6.45, 7) is 3.70. The molecule has 6 heavy (non-hydrogen) atoms. The zero-order valence-corrected chi connectivity index (χ0v) is 4.62. The van der Waals surface area contributed by atoms with E-state index in [-0.39, 0.29) is 0 Å². The van der Waals surface area contributed by atoms with E-state index < -0.39 is 6.37 Å². The van der Waals surface area contributed by atoms with Crippen molar-refractivity contribution in [3.63, 3.8) is 0 Å². The minimum Gasteiger partial charge on any atom is -0.0654 e. The van der Waals surface area contributed by atoms with E-state index in [0.29, 0.717) is 6.42 Å². The maximum atomic E-state index is 7.10. The largest absolute Gasteiger partial charge is 0.0654 e. The summed E-state index contributed by atoms with van der Waals surface area (Å²) in [4.78, 5) is 0. The van der Waals surface area contributed by atoms with Gasteiger partial charge in [-0.05, 0) is 0 Å². The molecule has 0 aromatic rings. The van der Waals surface area contributed by atoms with Crippen molar-refractivity contribution < 1.29 is 2.74 Å². The summed E-state index contributed by atoms with van der Waals surface area (Å²) < 4.78 is 14.2. The standard InChI is InChI=1S/C6H14/c1-3-5-6-4-2/h3-6H2,1-2H3/i3D2. The maximum absolute atomic E-state index is 7.10. The lowest BCUT2D eigenvalue weighted by molar-refractivity contribution is 0.702. The SMILES string of the molecule is [2H]C([2H])(C)CCCC. The van der Waals surface area contributed by atoms with Crippen LogP contribution in [-0.4, -0.2) is 0 Å². The van der Waals surface area contributed by atoms with E-state index in [1.54, 1.807) is 6.92 Å². The summed E-state index contributed by atoms with van der Waals surface area (Å²) in [6.07, 6.45) is 1.84. The Morgan fingerprint density at radius 1 is 1.33 bits per heavy atom. The van der Waals surface area contributed by atoms with Crippen molar-refractivity contribution in [3.8, 4) is 0 Å². The predicted octanol–water partition coefficient (Wildman–Crippen LogP) is 2.59. The first-order chi connectivity index (χ1) is 3.56. The second-order valence-corrected chi connectivity index (χ2v) is 1.46. The summed E-state index contributed by atoms with van der Waals surface area (Å²) in [6, 6.07) is 0. The van der Waals surface area contributed by atoms with Crippen molar-refractivity contribution in [3.05, 3.63) is 0 Å². The van der Waals surface area contributed by atoms with Crippen LogP contribution in [0.15, 0.2) is 0 Å². The highest BCUT2D eigenvalue weighted by atomic mass is 13.8. The molecule has 0 aliphatic heterocycles. The summed E-state index contributed by atoms with van der Waals surface area (Å²) in [7, 11) is 0. The van der Waals surface area contributed by atoms with Gasteiger partial charge < -0.3 is 0 Å². The third-order valence-corrected chi connectivity index (χ3v) is 0.780. The van der Waals surface area contributed by atoms with Crippen LogP contribution in [-0.2, 0) is 0 Å². The molecule has 0 saturated heterocycles. The zero-order valence-electron chi connectivity index (χ0n) is 6.62. The Morgan fingerprint density at radius 2 is 2.00 bits per heavy atom. The molecule has 0 spiro atoms. The van der Waals surface area contributed by atoms with Crippen molar-refractivity contribution in [2.24, 2.45) is 0 Å². The number of unbranched alkanes of at least 4 members (excludes halogenated alkanes) is 1. The first kappa shape index (κ1) is 3.06. The molecule has 0 aliphatic rings. The molecule has 0 atom stereocenters. The summed E-state index contributed by atoms with van der Waals surface area (Å²) in [5.41, 5.74) is 0. The molecule has 0 aromatic heterocycles. The molecule has 0 N–H and O–H groups in total. The zero-order chi connectivity index (χ0) is 6.62. The fourth-order valence-corrected chi connectivity index (χ4v) is 0.354. The van der Waals surface area contributed by atoms with Crippen LogP contribution in [0.3, 0.4) is 0 Å². The van der Waals surface area contributed by atoms with E-state index in [4.69, 9.17) is 2.74 Å². The number of hydrogen-bond donors (Lipinski definition) is 0. The van der Waals surface area contributed by atoms with Crippen LogP contribution in [0, 0.1) is 0 Å². The Labute approximate surface area is 43.4 Å². The highest BCUT2D eigenvalue weighted by Crippen LogP contribution is 1.95. The maximum Gasteiger partial charge on any atom is 0.0264 e. The fourth-order valence-electron chi connectivity index (χ4n) is 0.354. The van der Waals surface area contributed by atoms with E-state index in [0.717, 1.165) is 12.8 Å². The van der Waals surface area contributed by atoms with E-state index in [9.17, 15) is 0 Å². The van der Waals surface area contributed by atoms with Crippen molar-refractivity contribution in [2.75, 3.05) is 0 Å². The van der Waals surface area contributed by atoms with Crippen LogP contribution < -0.4 is 0 Å². The molecule has 0 rings (SSSR count). The van der Waals surface area contributed by atoms with Gasteiger partial charge in [0, 0.05) is 2.74 Å². The van der Waals surface area contributed by atoms with E-state index in [2.05, 4.69) is 6.92 Å². The molecule has 0 aromatic carbocycles. The smallest absolute Gasteiger partial charge is 0.0264 e. The first-order valence-electron chi connectivity index (χ1n) is 3.56. The Bertz CT molecular complexity index is 54.0. The quantitative estimate of drug-likeness (QED) is 0.497.